The van der Waals surface area contributed by atoms with Crippen molar-refractivity contribution in [2.24, 2.45) is 0 Å². The topological polar surface area (TPSA) is 77.0 Å². The monoisotopic (exact) mass is 283 g/mol. The first-order chi connectivity index (χ1) is 9.60. The number of carbonyl (C=O) groups is 1. The number of benzene rings is 1. The molecule has 1 unspecified atom stereocenters. The van der Waals surface area contributed by atoms with Gasteiger partial charge in [-0.25, -0.2) is 0 Å². The molecule has 20 heavy (non-hydrogen) atoms. The third-order valence-electron chi connectivity index (χ3n) is 2.75. The van der Waals surface area contributed by atoms with Gasteiger partial charge in [-0.05, 0) is 6.54 Å². The molecule has 0 heterocycles. The second kappa shape index (κ2) is 8.27. The van der Waals surface area contributed by atoms with Gasteiger partial charge in [0.25, 0.3) is 0 Å². The minimum absolute atomic E-state index is 0.292. The standard InChI is InChI=1S/C14H21NO5/c1-4-15-13(14(16)17)5-6-20-12-8-10(18-2)7-11(9-12)19-3/h7-9,13,15H,4-6H2,1-3H3,(H,16,17). The number of hydrogen-bond donors (Lipinski definition) is 2. The fourth-order valence-electron chi connectivity index (χ4n) is 1.72. The molecule has 112 valence electrons. The summed E-state index contributed by atoms with van der Waals surface area (Å²) in [5.74, 6) is 0.960. The smallest absolute Gasteiger partial charge is 0.320 e. The van der Waals surface area contributed by atoms with E-state index in [1.807, 2.05) is 6.92 Å². The summed E-state index contributed by atoms with van der Waals surface area (Å²) in [6, 6.07) is 4.59. The zero-order valence-corrected chi connectivity index (χ0v) is 12.0. The summed E-state index contributed by atoms with van der Waals surface area (Å²) in [4.78, 5) is 11.0. The van der Waals surface area contributed by atoms with Gasteiger partial charge in [-0.2, -0.15) is 0 Å². The van der Waals surface area contributed by atoms with Crippen molar-refractivity contribution in [2.75, 3.05) is 27.4 Å². The van der Waals surface area contributed by atoms with Gasteiger partial charge < -0.3 is 24.6 Å². The third kappa shape index (κ3) is 4.97. The molecule has 1 atom stereocenters. The Bertz CT molecular complexity index is 413. The molecule has 0 aromatic heterocycles. The Balaban J connectivity index is 2.58. The molecule has 0 saturated heterocycles. The van der Waals surface area contributed by atoms with Crippen molar-refractivity contribution < 1.29 is 24.1 Å². The minimum Gasteiger partial charge on any atom is -0.496 e. The number of carboxylic acid groups (broad SMARTS) is 1. The molecule has 2 N–H and O–H groups in total. The molecule has 0 aliphatic heterocycles. The van der Waals surface area contributed by atoms with Gasteiger partial charge in [0.05, 0.1) is 20.8 Å². The number of likely N-dealkylation sites (N-methyl/N-ethyl adjacent to an activating group) is 1. The Labute approximate surface area is 118 Å². The van der Waals surface area contributed by atoms with Crippen molar-refractivity contribution in [2.45, 2.75) is 19.4 Å². The van der Waals surface area contributed by atoms with E-state index in [9.17, 15) is 4.79 Å². The fourth-order valence-corrected chi connectivity index (χ4v) is 1.72. The van der Waals surface area contributed by atoms with Gasteiger partial charge in [0, 0.05) is 24.6 Å². The normalized spacial score (nSPS) is 11.8. The molecule has 0 aliphatic rings. The lowest BCUT2D eigenvalue weighted by Gasteiger charge is -2.14. The number of aliphatic carboxylic acids is 1. The van der Waals surface area contributed by atoms with Crippen molar-refractivity contribution in [1.29, 1.82) is 0 Å². The Morgan fingerprint density at radius 1 is 1.20 bits per heavy atom. The van der Waals surface area contributed by atoms with E-state index in [4.69, 9.17) is 19.3 Å². The molecule has 0 saturated carbocycles. The minimum atomic E-state index is -0.876. The van der Waals surface area contributed by atoms with Gasteiger partial charge >= 0.3 is 5.97 Å². The van der Waals surface area contributed by atoms with Crippen LogP contribution in [0.1, 0.15) is 13.3 Å². The van der Waals surface area contributed by atoms with E-state index in [1.165, 1.54) is 0 Å². The maximum Gasteiger partial charge on any atom is 0.320 e. The van der Waals surface area contributed by atoms with Crippen LogP contribution in [0, 0.1) is 0 Å². The molecule has 0 amide bonds. The summed E-state index contributed by atoms with van der Waals surface area (Å²) in [7, 11) is 3.12. The van der Waals surface area contributed by atoms with Gasteiger partial charge in [-0.3, -0.25) is 4.79 Å². The quantitative estimate of drug-likeness (QED) is 0.716. The Kier molecular flexibility index (Phi) is 6.66. The first-order valence-electron chi connectivity index (χ1n) is 6.42. The van der Waals surface area contributed by atoms with E-state index >= 15 is 0 Å². The van der Waals surface area contributed by atoms with Gasteiger partial charge in [-0.1, -0.05) is 6.92 Å². The Hall–Kier alpha value is -1.95. The average molecular weight is 283 g/mol. The summed E-state index contributed by atoms with van der Waals surface area (Å²) in [5, 5.41) is 11.9. The van der Waals surface area contributed by atoms with Gasteiger partial charge in [0.1, 0.15) is 23.3 Å². The first kappa shape index (κ1) is 16.1. The fraction of sp³-hybridized carbons (Fsp3) is 0.500. The van der Waals surface area contributed by atoms with Crippen LogP contribution >= 0.6 is 0 Å². The second-order valence-electron chi connectivity index (χ2n) is 4.13. The molecule has 6 heteroatoms. The zero-order valence-electron chi connectivity index (χ0n) is 12.0. The molecule has 0 spiro atoms. The van der Waals surface area contributed by atoms with Crippen LogP contribution in [-0.2, 0) is 4.79 Å². The van der Waals surface area contributed by atoms with E-state index in [1.54, 1.807) is 32.4 Å². The van der Waals surface area contributed by atoms with Gasteiger partial charge in [-0.15, -0.1) is 0 Å². The molecule has 0 fully saturated rings. The van der Waals surface area contributed by atoms with Crippen LogP contribution in [0.5, 0.6) is 17.2 Å². The summed E-state index contributed by atoms with van der Waals surface area (Å²) in [5.41, 5.74) is 0. The van der Waals surface area contributed by atoms with Crippen molar-refractivity contribution >= 4 is 5.97 Å². The Morgan fingerprint density at radius 2 is 1.75 bits per heavy atom. The number of methoxy groups -OCH3 is 2. The predicted molar refractivity (Wildman–Crippen MR) is 74.8 cm³/mol. The number of carboxylic acids is 1. The highest BCUT2D eigenvalue weighted by molar-refractivity contribution is 5.73. The zero-order chi connectivity index (χ0) is 15.0. The number of hydrogen-bond acceptors (Lipinski definition) is 5. The highest BCUT2D eigenvalue weighted by Crippen LogP contribution is 2.27. The number of ether oxygens (including phenoxy) is 3. The summed E-state index contributed by atoms with van der Waals surface area (Å²) >= 11 is 0. The maximum absolute atomic E-state index is 11.0. The van der Waals surface area contributed by atoms with Crippen LogP contribution in [0.25, 0.3) is 0 Å². The van der Waals surface area contributed by atoms with Crippen LogP contribution in [0.4, 0.5) is 0 Å². The van der Waals surface area contributed by atoms with E-state index in [-0.39, 0.29) is 0 Å². The lowest BCUT2D eigenvalue weighted by Crippen LogP contribution is -2.37. The summed E-state index contributed by atoms with van der Waals surface area (Å²) < 4.78 is 15.8. The lowest BCUT2D eigenvalue weighted by molar-refractivity contribution is -0.139. The SMILES string of the molecule is CCNC(CCOc1cc(OC)cc(OC)c1)C(=O)O. The van der Waals surface area contributed by atoms with Crippen LogP contribution in [0.2, 0.25) is 0 Å². The van der Waals surface area contributed by atoms with E-state index in [0.29, 0.717) is 36.8 Å². The van der Waals surface area contributed by atoms with Gasteiger partial charge in [0.15, 0.2) is 0 Å². The summed E-state index contributed by atoms with van der Waals surface area (Å²) in [6.45, 7) is 2.76. The Morgan fingerprint density at radius 3 is 2.20 bits per heavy atom. The molecular formula is C14H21NO5. The highest BCUT2D eigenvalue weighted by atomic mass is 16.5. The molecule has 1 rings (SSSR count). The largest absolute Gasteiger partial charge is 0.496 e. The van der Waals surface area contributed by atoms with Crippen molar-refractivity contribution in [3.63, 3.8) is 0 Å². The van der Waals surface area contributed by atoms with E-state index in [2.05, 4.69) is 5.32 Å². The predicted octanol–water partition coefficient (Wildman–Crippen LogP) is 1.54. The molecular weight excluding hydrogens is 262 g/mol. The van der Waals surface area contributed by atoms with Crippen LogP contribution in [0.3, 0.4) is 0 Å². The molecule has 1 aromatic rings. The molecule has 1 aromatic carbocycles. The molecule has 0 bridgehead atoms. The first-order valence-corrected chi connectivity index (χ1v) is 6.42. The van der Waals surface area contributed by atoms with Crippen LogP contribution in [0.15, 0.2) is 18.2 Å². The highest BCUT2D eigenvalue weighted by Gasteiger charge is 2.15. The number of rotatable bonds is 9. The van der Waals surface area contributed by atoms with Crippen molar-refractivity contribution in [1.82, 2.24) is 5.32 Å². The average Bonchev–Trinajstić information content (AvgIpc) is 2.45. The van der Waals surface area contributed by atoms with Crippen LogP contribution < -0.4 is 19.5 Å². The second-order valence-corrected chi connectivity index (χ2v) is 4.13. The number of nitrogens with one attached hydrogen (secondary N) is 1. The van der Waals surface area contributed by atoms with E-state index < -0.39 is 12.0 Å². The molecule has 0 radical (unpaired) electrons. The lowest BCUT2D eigenvalue weighted by atomic mass is 10.2. The van der Waals surface area contributed by atoms with E-state index in [0.717, 1.165) is 0 Å². The molecule has 6 nitrogen and oxygen atoms in total. The molecule has 0 aliphatic carbocycles. The maximum atomic E-state index is 11.0. The van der Waals surface area contributed by atoms with Crippen molar-refractivity contribution in [3.8, 4) is 17.2 Å². The third-order valence-corrected chi connectivity index (χ3v) is 2.75. The van der Waals surface area contributed by atoms with Crippen LogP contribution in [-0.4, -0.2) is 44.5 Å². The summed E-state index contributed by atoms with van der Waals surface area (Å²) in [6.07, 6.45) is 0.378. The van der Waals surface area contributed by atoms with Gasteiger partial charge in [0.2, 0.25) is 0 Å². The van der Waals surface area contributed by atoms with Crippen molar-refractivity contribution in [3.05, 3.63) is 18.2 Å².